The molecule has 0 saturated carbocycles. The zero-order valence-corrected chi connectivity index (χ0v) is 9.47. The van der Waals surface area contributed by atoms with Gasteiger partial charge in [0.15, 0.2) is 5.69 Å². The molecular weight excluding hydrogens is 224 g/mol. The summed E-state index contributed by atoms with van der Waals surface area (Å²) in [6.45, 7) is 1.66. The van der Waals surface area contributed by atoms with Gasteiger partial charge in [-0.3, -0.25) is 4.79 Å². The first kappa shape index (κ1) is 11.6. The fourth-order valence-corrected chi connectivity index (χ4v) is 1.94. The van der Waals surface area contributed by atoms with Crippen LogP contribution in [0.25, 0.3) is 0 Å². The van der Waals surface area contributed by atoms with Gasteiger partial charge in [-0.05, 0) is 24.0 Å². The van der Waals surface area contributed by atoms with Gasteiger partial charge in [-0.1, -0.05) is 0 Å². The summed E-state index contributed by atoms with van der Waals surface area (Å²) in [4.78, 5) is 26.1. The summed E-state index contributed by atoms with van der Waals surface area (Å²) >= 11 is 0. The molecule has 1 atom stereocenters. The Kier molecular flexibility index (Phi) is 3.10. The third-order valence-electron chi connectivity index (χ3n) is 3.00. The van der Waals surface area contributed by atoms with Gasteiger partial charge < -0.3 is 20.3 Å². The molecule has 1 aromatic heterocycles. The van der Waals surface area contributed by atoms with Crippen LogP contribution in [0.3, 0.4) is 0 Å². The number of aromatic amines is 1. The van der Waals surface area contributed by atoms with Crippen molar-refractivity contribution >= 4 is 11.7 Å². The summed E-state index contributed by atoms with van der Waals surface area (Å²) in [5, 5.41) is 13.7. The van der Waals surface area contributed by atoms with Crippen molar-refractivity contribution < 1.29 is 9.72 Å². The molecule has 0 radical (unpaired) electrons. The van der Waals surface area contributed by atoms with Crippen molar-refractivity contribution in [2.45, 2.75) is 12.5 Å². The summed E-state index contributed by atoms with van der Waals surface area (Å²) < 4.78 is 0. The number of nitrogens with zero attached hydrogens (tertiary/aromatic N) is 2. The van der Waals surface area contributed by atoms with Crippen molar-refractivity contribution in [3.05, 3.63) is 27.9 Å². The van der Waals surface area contributed by atoms with Crippen molar-refractivity contribution in [2.75, 3.05) is 20.1 Å². The van der Waals surface area contributed by atoms with E-state index in [2.05, 4.69) is 10.3 Å². The van der Waals surface area contributed by atoms with Crippen LogP contribution < -0.4 is 5.32 Å². The molecule has 1 saturated heterocycles. The first-order valence-electron chi connectivity index (χ1n) is 5.41. The second-order valence-electron chi connectivity index (χ2n) is 4.08. The van der Waals surface area contributed by atoms with E-state index >= 15 is 0 Å². The minimum Gasteiger partial charge on any atom is -0.358 e. The topological polar surface area (TPSA) is 91.3 Å². The first-order valence-corrected chi connectivity index (χ1v) is 5.41. The predicted octanol–water partition coefficient (Wildman–Crippen LogP) is 0.357. The molecule has 2 rings (SSSR count). The maximum absolute atomic E-state index is 12.0. The quantitative estimate of drug-likeness (QED) is 0.587. The number of likely N-dealkylation sites (N-methyl/N-ethyl adjacent to an activating group) is 1. The second-order valence-corrected chi connectivity index (χ2v) is 4.08. The second kappa shape index (κ2) is 4.54. The SMILES string of the molecule is CN(C(=O)c1ccc([N+](=O)[O-])[nH]1)C1CCNC1. The van der Waals surface area contributed by atoms with Gasteiger partial charge in [0, 0.05) is 25.7 Å². The highest BCUT2D eigenvalue weighted by Gasteiger charge is 2.26. The molecule has 1 aliphatic heterocycles. The minimum atomic E-state index is -0.548. The van der Waals surface area contributed by atoms with Crippen molar-refractivity contribution in [1.29, 1.82) is 0 Å². The number of amides is 1. The Balaban J connectivity index is 2.09. The van der Waals surface area contributed by atoms with Crippen LogP contribution in [0.15, 0.2) is 12.1 Å². The number of aromatic nitrogens is 1. The Labute approximate surface area is 97.9 Å². The van der Waals surface area contributed by atoms with E-state index in [0.717, 1.165) is 19.5 Å². The van der Waals surface area contributed by atoms with Crippen LogP contribution in [0, 0.1) is 10.1 Å². The maximum Gasteiger partial charge on any atom is 0.321 e. The number of carbonyl (C=O) groups excluding carboxylic acids is 1. The number of carbonyl (C=O) groups is 1. The molecule has 2 N–H and O–H groups in total. The first-order chi connectivity index (χ1) is 8.09. The lowest BCUT2D eigenvalue weighted by atomic mass is 10.2. The van der Waals surface area contributed by atoms with E-state index in [9.17, 15) is 14.9 Å². The summed E-state index contributed by atoms with van der Waals surface area (Å²) in [5.74, 6) is -0.377. The zero-order chi connectivity index (χ0) is 12.4. The van der Waals surface area contributed by atoms with E-state index in [1.807, 2.05) is 0 Å². The van der Waals surface area contributed by atoms with Gasteiger partial charge in [-0.25, -0.2) is 4.98 Å². The Bertz CT molecular complexity index is 437. The number of nitro groups is 1. The van der Waals surface area contributed by atoms with Crippen LogP contribution >= 0.6 is 0 Å². The summed E-state index contributed by atoms with van der Waals surface area (Å²) in [5.41, 5.74) is 0.256. The fourth-order valence-electron chi connectivity index (χ4n) is 1.94. The van der Waals surface area contributed by atoms with Crippen molar-refractivity contribution in [3.63, 3.8) is 0 Å². The van der Waals surface area contributed by atoms with Crippen LogP contribution in [0.2, 0.25) is 0 Å². The highest BCUT2D eigenvalue weighted by molar-refractivity contribution is 5.93. The van der Waals surface area contributed by atoms with Gasteiger partial charge >= 0.3 is 5.82 Å². The molecule has 1 aliphatic rings. The molecule has 7 nitrogen and oxygen atoms in total. The van der Waals surface area contributed by atoms with E-state index in [-0.39, 0.29) is 23.5 Å². The van der Waals surface area contributed by atoms with Gasteiger partial charge in [0.1, 0.15) is 0 Å². The van der Waals surface area contributed by atoms with E-state index < -0.39 is 4.92 Å². The Morgan fingerprint density at radius 2 is 2.35 bits per heavy atom. The number of hydrogen-bond acceptors (Lipinski definition) is 4. The van der Waals surface area contributed by atoms with Crippen molar-refractivity contribution in [3.8, 4) is 0 Å². The molecule has 1 amide bonds. The highest BCUT2D eigenvalue weighted by Crippen LogP contribution is 2.14. The lowest BCUT2D eigenvalue weighted by molar-refractivity contribution is -0.389. The van der Waals surface area contributed by atoms with Crippen LogP contribution in [-0.4, -0.2) is 46.9 Å². The Hall–Kier alpha value is -1.89. The van der Waals surface area contributed by atoms with E-state index in [0.29, 0.717) is 0 Å². The molecule has 0 aromatic carbocycles. The minimum absolute atomic E-state index is 0.157. The third kappa shape index (κ3) is 2.28. The lowest BCUT2D eigenvalue weighted by Gasteiger charge is -2.22. The normalized spacial score (nSPS) is 19.2. The van der Waals surface area contributed by atoms with E-state index in [4.69, 9.17) is 0 Å². The standard InChI is InChI=1S/C10H14N4O3/c1-13(7-4-5-11-6-7)10(15)8-2-3-9(12-8)14(16)17/h2-3,7,11-12H,4-6H2,1H3. The molecule has 1 unspecified atom stereocenters. The van der Waals surface area contributed by atoms with Crippen molar-refractivity contribution in [1.82, 2.24) is 15.2 Å². The Morgan fingerprint density at radius 1 is 1.59 bits per heavy atom. The zero-order valence-electron chi connectivity index (χ0n) is 9.47. The van der Waals surface area contributed by atoms with Gasteiger partial charge in [-0.15, -0.1) is 0 Å². The average Bonchev–Trinajstić information content (AvgIpc) is 2.97. The third-order valence-corrected chi connectivity index (χ3v) is 3.00. The van der Waals surface area contributed by atoms with Gasteiger partial charge in [0.05, 0.1) is 0 Å². The maximum atomic E-state index is 12.0. The van der Waals surface area contributed by atoms with E-state index in [1.54, 1.807) is 11.9 Å². The molecular formula is C10H14N4O3. The van der Waals surface area contributed by atoms with E-state index in [1.165, 1.54) is 12.1 Å². The smallest absolute Gasteiger partial charge is 0.321 e. The van der Waals surface area contributed by atoms with Gasteiger partial charge in [0.2, 0.25) is 0 Å². The average molecular weight is 238 g/mol. The molecule has 7 heteroatoms. The van der Waals surface area contributed by atoms with Gasteiger partial charge in [-0.2, -0.15) is 0 Å². The molecule has 0 bridgehead atoms. The van der Waals surface area contributed by atoms with Crippen LogP contribution in [0.4, 0.5) is 5.82 Å². The fraction of sp³-hybridized carbons (Fsp3) is 0.500. The predicted molar refractivity (Wildman–Crippen MR) is 60.8 cm³/mol. The number of hydrogen-bond donors (Lipinski definition) is 2. The molecule has 0 aliphatic carbocycles. The lowest BCUT2D eigenvalue weighted by Crippen LogP contribution is -2.38. The molecule has 1 aromatic rings. The monoisotopic (exact) mass is 238 g/mol. The van der Waals surface area contributed by atoms with Crippen LogP contribution in [0.5, 0.6) is 0 Å². The summed E-state index contributed by atoms with van der Waals surface area (Å²) in [6.07, 6.45) is 0.908. The molecule has 0 spiro atoms. The summed E-state index contributed by atoms with van der Waals surface area (Å²) in [7, 11) is 1.71. The number of nitrogens with one attached hydrogen (secondary N) is 2. The molecule has 1 fully saturated rings. The molecule has 17 heavy (non-hydrogen) atoms. The van der Waals surface area contributed by atoms with Gasteiger partial charge in [0.25, 0.3) is 5.91 Å². The highest BCUT2D eigenvalue weighted by atomic mass is 16.6. The molecule has 2 heterocycles. The molecule has 92 valence electrons. The largest absolute Gasteiger partial charge is 0.358 e. The number of rotatable bonds is 3. The van der Waals surface area contributed by atoms with Crippen molar-refractivity contribution in [2.24, 2.45) is 0 Å². The summed E-state index contributed by atoms with van der Waals surface area (Å²) in [6, 6.07) is 2.90. The van der Waals surface area contributed by atoms with Crippen LogP contribution in [-0.2, 0) is 0 Å². The van der Waals surface area contributed by atoms with Crippen LogP contribution in [0.1, 0.15) is 16.9 Å². The Morgan fingerprint density at radius 3 is 2.88 bits per heavy atom. The number of H-pyrrole nitrogens is 1.